The van der Waals surface area contributed by atoms with Gasteiger partial charge in [0, 0.05) is 12.3 Å². The first-order valence-corrected chi connectivity index (χ1v) is 8.63. The molecule has 1 aliphatic carbocycles. The average molecular weight is 291 g/mol. The smallest absolute Gasteiger partial charge is 0.234 e. The fourth-order valence-corrected chi connectivity index (χ4v) is 4.36. The molecule has 1 N–H and O–H groups in total. The third kappa shape index (κ3) is 2.35. The second-order valence-electron chi connectivity index (χ2n) is 6.13. The molecular weight excluding hydrogens is 270 g/mol. The highest BCUT2D eigenvalue weighted by atomic mass is 32.1. The molecule has 0 radical (unpaired) electrons. The van der Waals surface area contributed by atoms with E-state index < -0.39 is 0 Å². The molecule has 0 bridgehead atoms. The van der Waals surface area contributed by atoms with Crippen LogP contribution in [-0.2, 0) is 6.42 Å². The van der Waals surface area contributed by atoms with Crippen molar-refractivity contribution in [3.05, 3.63) is 10.8 Å². The first-order chi connectivity index (χ1) is 9.90. The lowest BCUT2D eigenvalue weighted by Crippen LogP contribution is -2.09. The van der Waals surface area contributed by atoms with E-state index in [0.717, 1.165) is 23.1 Å². The van der Waals surface area contributed by atoms with E-state index in [9.17, 15) is 0 Å². The van der Waals surface area contributed by atoms with Crippen LogP contribution in [-0.4, -0.2) is 32.9 Å². The normalized spacial score (nSPS) is 24.1. The Kier molecular flexibility index (Phi) is 3.44. The van der Waals surface area contributed by atoms with E-state index in [1.807, 2.05) is 4.52 Å². The van der Waals surface area contributed by atoms with Crippen LogP contribution >= 0.6 is 11.3 Å². The molecule has 6 heteroatoms. The van der Waals surface area contributed by atoms with Gasteiger partial charge in [-0.2, -0.15) is 9.61 Å². The van der Waals surface area contributed by atoms with Crippen molar-refractivity contribution in [2.45, 2.75) is 50.9 Å². The van der Waals surface area contributed by atoms with Gasteiger partial charge in [-0.1, -0.05) is 24.2 Å². The number of aryl methyl sites for hydroxylation is 1. The summed E-state index contributed by atoms with van der Waals surface area (Å²) in [5.74, 6) is 2.51. The molecule has 5 nitrogen and oxygen atoms in total. The van der Waals surface area contributed by atoms with E-state index in [-0.39, 0.29) is 0 Å². The molecule has 1 aliphatic heterocycles. The fraction of sp³-hybridized carbons (Fsp3) is 0.786. The van der Waals surface area contributed by atoms with Crippen LogP contribution < -0.4 is 5.32 Å². The summed E-state index contributed by atoms with van der Waals surface area (Å²) in [5.41, 5.74) is 0. The number of nitrogens with one attached hydrogen (secondary N) is 1. The van der Waals surface area contributed by atoms with Crippen LogP contribution in [0.15, 0.2) is 0 Å². The fourth-order valence-electron chi connectivity index (χ4n) is 3.50. The Morgan fingerprint density at radius 3 is 2.90 bits per heavy atom. The summed E-state index contributed by atoms with van der Waals surface area (Å²) in [5, 5.41) is 18.1. The van der Waals surface area contributed by atoms with Crippen LogP contribution in [0, 0.1) is 5.92 Å². The zero-order chi connectivity index (χ0) is 13.4. The Balaban J connectivity index is 1.50. The zero-order valence-corrected chi connectivity index (χ0v) is 12.5. The van der Waals surface area contributed by atoms with Crippen molar-refractivity contribution in [1.29, 1.82) is 0 Å². The molecule has 2 fully saturated rings. The van der Waals surface area contributed by atoms with Crippen molar-refractivity contribution in [2.75, 3.05) is 13.1 Å². The molecule has 1 unspecified atom stereocenters. The maximum Gasteiger partial charge on any atom is 0.234 e. The van der Waals surface area contributed by atoms with Gasteiger partial charge in [-0.3, -0.25) is 0 Å². The van der Waals surface area contributed by atoms with Crippen molar-refractivity contribution in [3.8, 4) is 0 Å². The second-order valence-corrected chi connectivity index (χ2v) is 7.17. The van der Waals surface area contributed by atoms with Crippen molar-refractivity contribution >= 4 is 16.3 Å². The zero-order valence-electron chi connectivity index (χ0n) is 11.7. The molecule has 3 heterocycles. The lowest BCUT2D eigenvalue weighted by Gasteiger charge is -2.05. The molecule has 1 atom stereocenters. The molecular formula is C14H21N5S. The van der Waals surface area contributed by atoms with Crippen molar-refractivity contribution in [2.24, 2.45) is 5.92 Å². The van der Waals surface area contributed by atoms with E-state index in [4.69, 9.17) is 5.10 Å². The van der Waals surface area contributed by atoms with Crippen LogP contribution in [0.3, 0.4) is 0 Å². The Labute approximate surface area is 122 Å². The summed E-state index contributed by atoms with van der Waals surface area (Å²) in [6.07, 6.45) is 8.80. The molecule has 0 spiro atoms. The van der Waals surface area contributed by atoms with Crippen LogP contribution in [0.4, 0.5) is 0 Å². The molecule has 1 saturated heterocycles. The quantitative estimate of drug-likeness (QED) is 0.939. The largest absolute Gasteiger partial charge is 0.316 e. The molecule has 4 rings (SSSR count). The van der Waals surface area contributed by atoms with E-state index in [0.29, 0.717) is 5.92 Å². The van der Waals surface area contributed by atoms with E-state index in [1.54, 1.807) is 11.3 Å². The van der Waals surface area contributed by atoms with Crippen molar-refractivity contribution < 1.29 is 0 Å². The van der Waals surface area contributed by atoms with Crippen LogP contribution in [0.25, 0.3) is 4.96 Å². The van der Waals surface area contributed by atoms with Gasteiger partial charge in [-0.15, -0.1) is 10.2 Å². The van der Waals surface area contributed by atoms with Gasteiger partial charge in [0.2, 0.25) is 4.96 Å². The Morgan fingerprint density at radius 1 is 1.20 bits per heavy atom. The average Bonchev–Trinajstić information content (AvgIpc) is 3.20. The highest BCUT2D eigenvalue weighted by Gasteiger charge is 2.24. The molecule has 0 aromatic carbocycles. The number of rotatable bonds is 4. The molecule has 0 amide bonds. The lowest BCUT2D eigenvalue weighted by molar-refractivity contribution is 0.529. The van der Waals surface area contributed by atoms with E-state index >= 15 is 0 Å². The summed E-state index contributed by atoms with van der Waals surface area (Å²) in [4.78, 5) is 0.978. The predicted octanol–water partition coefficient (Wildman–Crippen LogP) is 2.39. The summed E-state index contributed by atoms with van der Waals surface area (Å²) in [6, 6.07) is 0. The van der Waals surface area contributed by atoms with Gasteiger partial charge < -0.3 is 5.32 Å². The minimum absolute atomic E-state index is 0.582. The minimum atomic E-state index is 0.582. The SMILES string of the molecule is C1CCC(c2nnc3sc(CCC4CCNC4)nn23)C1. The van der Waals surface area contributed by atoms with Gasteiger partial charge in [-0.05, 0) is 44.7 Å². The number of hydrogen-bond acceptors (Lipinski definition) is 5. The monoisotopic (exact) mass is 291 g/mol. The molecule has 2 aliphatic rings. The maximum atomic E-state index is 4.77. The Bertz CT molecular complexity index is 577. The summed E-state index contributed by atoms with van der Waals surface area (Å²) >= 11 is 1.72. The summed E-state index contributed by atoms with van der Waals surface area (Å²) in [6.45, 7) is 2.36. The van der Waals surface area contributed by atoms with Gasteiger partial charge in [0.15, 0.2) is 5.82 Å². The lowest BCUT2D eigenvalue weighted by atomic mass is 10.0. The van der Waals surface area contributed by atoms with Crippen LogP contribution in [0.1, 0.15) is 55.3 Å². The number of aromatic nitrogens is 4. The summed E-state index contributed by atoms with van der Waals surface area (Å²) < 4.78 is 2.02. The second kappa shape index (κ2) is 5.41. The minimum Gasteiger partial charge on any atom is -0.316 e. The topological polar surface area (TPSA) is 55.1 Å². The highest BCUT2D eigenvalue weighted by molar-refractivity contribution is 7.16. The third-order valence-corrected chi connectivity index (χ3v) is 5.66. The van der Waals surface area contributed by atoms with E-state index in [1.165, 1.54) is 56.6 Å². The van der Waals surface area contributed by atoms with Gasteiger partial charge >= 0.3 is 0 Å². The van der Waals surface area contributed by atoms with Gasteiger partial charge in [0.05, 0.1) is 0 Å². The number of nitrogens with zero attached hydrogens (tertiary/aromatic N) is 4. The standard InChI is InChI=1S/C14H21N5S/c1-2-4-11(3-1)13-16-17-14-19(13)18-12(20-14)6-5-10-7-8-15-9-10/h10-11,15H,1-9H2. The summed E-state index contributed by atoms with van der Waals surface area (Å²) in [7, 11) is 0. The predicted molar refractivity (Wildman–Crippen MR) is 79.2 cm³/mol. The van der Waals surface area contributed by atoms with Gasteiger partial charge in [-0.25, -0.2) is 0 Å². The number of fused-ring (bicyclic) bond motifs is 1. The molecule has 1 saturated carbocycles. The van der Waals surface area contributed by atoms with Crippen molar-refractivity contribution in [1.82, 2.24) is 25.1 Å². The van der Waals surface area contributed by atoms with Gasteiger partial charge in [0.25, 0.3) is 0 Å². The first-order valence-electron chi connectivity index (χ1n) is 7.82. The Morgan fingerprint density at radius 2 is 2.10 bits per heavy atom. The first kappa shape index (κ1) is 12.7. The van der Waals surface area contributed by atoms with Crippen molar-refractivity contribution in [3.63, 3.8) is 0 Å². The molecule has 20 heavy (non-hydrogen) atoms. The Hall–Kier alpha value is -1.01. The maximum absolute atomic E-state index is 4.77. The van der Waals surface area contributed by atoms with Crippen LogP contribution in [0.5, 0.6) is 0 Å². The van der Waals surface area contributed by atoms with E-state index in [2.05, 4.69) is 15.5 Å². The molecule has 108 valence electrons. The van der Waals surface area contributed by atoms with Crippen LogP contribution in [0.2, 0.25) is 0 Å². The third-order valence-electron chi connectivity index (χ3n) is 4.71. The molecule has 2 aromatic rings. The number of hydrogen-bond donors (Lipinski definition) is 1. The highest BCUT2D eigenvalue weighted by Crippen LogP contribution is 2.33. The van der Waals surface area contributed by atoms with Gasteiger partial charge in [0.1, 0.15) is 5.01 Å². The molecule has 2 aromatic heterocycles.